The molecule has 2 heterocycles. The van der Waals surface area contributed by atoms with Crippen molar-refractivity contribution in [2.75, 3.05) is 20.3 Å². The predicted molar refractivity (Wildman–Crippen MR) is 126 cm³/mol. The van der Waals surface area contributed by atoms with E-state index in [2.05, 4.69) is 61.9 Å². The highest BCUT2D eigenvalue weighted by Crippen LogP contribution is 2.46. The number of ether oxygens (including phenoxy) is 2. The number of methoxy groups -OCH3 is 1. The van der Waals surface area contributed by atoms with Crippen LogP contribution >= 0.6 is 15.9 Å². The van der Waals surface area contributed by atoms with Gasteiger partial charge in [0.25, 0.3) is 0 Å². The lowest BCUT2D eigenvalue weighted by Gasteiger charge is -2.43. The first kappa shape index (κ1) is 20.9. The fourth-order valence-corrected chi connectivity index (χ4v) is 5.02. The first-order valence-corrected chi connectivity index (χ1v) is 11.2. The van der Waals surface area contributed by atoms with E-state index in [1.54, 1.807) is 13.3 Å². The molecule has 0 saturated carbocycles. The summed E-state index contributed by atoms with van der Waals surface area (Å²) < 4.78 is 13.7. The van der Waals surface area contributed by atoms with Crippen LogP contribution in [0.5, 0.6) is 5.75 Å². The van der Waals surface area contributed by atoms with Crippen molar-refractivity contribution in [3.05, 3.63) is 118 Å². The number of aliphatic hydroxyl groups is 1. The smallest absolute Gasteiger partial charge is 0.169 e. The molecule has 0 radical (unpaired) electrons. The summed E-state index contributed by atoms with van der Waals surface area (Å²) in [5, 5.41) is 11.3. The minimum absolute atomic E-state index is 0.207. The Morgan fingerprint density at radius 3 is 1.91 bits per heavy atom. The predicted octanol–water partition coefficient (Wildman–Crippen LogP) is 4.71. The first-order valence-electron chi connectivity index (χ1n) is 10.4. The molecular weight excluding hydrogens is 468 g/mol. The number of imidazole rings is 1. The lowest BCUT2D eigenvalue weighted by atomic mass is 9.76. The average Bonchev–Trinajstić information content (AvgIpc) is 3.22. The van der Waals surface area contributed by atoms with Crippen molar-refractivity contribution < 1.29 is 14.6 Å². The van der Waals surface area contributed by atoms with Crippen LogP contribution in [0.4, 0.5) is 0 Å². The second-order valence-corrected chi connectivity index (χ2v) is 8.75. The number of nitrogens with zero attached hydrogens (tertiary/aromatic N) is 2. The van der Waals surface area contributed by atoms with Gasteiger partial charge in [0.2, 0.25) is 0 Å². The number of rotatable bonds is 6. The Kier molecular flexibility index (Phi) is 5.37. The quantitative estimate of drug-likeness (QED) is 0.397. The number of aromatic nitrogens is 2. The lowest BCUT2D eigenvalue weighted by Crippen LogP contribution is -2.51. The molecule has 0 unspecified atom stereocenters. The third kappa shape index (κ3) is 3.18. The van der Waals surface area contributed by atoms with Crippen LogP contribution < -0.4 is 4.74 Å². The highest BCUT2D eigenvalue weighted by Gasteiger charge is 2.48. The molecule has 0 bridgehead atoms. The molecule has 5 nitrogen and oxygen atoms in total. The van der Waals surface area contributed by atoms with Crippen LogP contribution in [-0.2, 0) is 15.9 Å². The van der Waals surface area contributed by atoms with E-state index in [1.165, 1.54) is 0 Å². The molecule has 1 aliphatic rings. The van der Waals surface area contributed by atoms with Crippen molar-refractivity contribution in [2.24, 2.45) is 0 Å². The molecule has 0 aliphatic carbocycles. The third-order valence-electron chi connectivity index (χ3n) is 6.04. The van der Waals surface area contributed by atoms with Gasteiger partial charge >= 0.3 is 0 Å². The van der Waals surface area contributed by atoms with Crippen LogP contribution in [0, 0.1) is 0 Å². The van der Waals surface area contributed by atoms with Crippen molar-refractivity contribution in [1.29, 1.82) is 0 Å². The Bertz CT molecular complexity index is 1160. The largest absolute Gasteiger partial charge is 0.497 e. The molecule has 1 aromatic heterocycles. The molecule has 162 valence electrons. The van der Waals surface area contributed by atoms with Crippen molar-refractivity contribution in [3.63, 3.8) is 0 Å². The summed E-state index contributed by atoms with van der Waals surface area (Å²) in [5.74, 6) is 1.33. The number of hydrogen-bond acceptors (Lipinski definition) is 4. The van der Waals surface area contributed by atoms with E-state index < -0.39 is 11.1 Å². The Balaban J connectivity index is 1.91. The van der Waals surface area contributed by atoms with Gasteiger partial charge in [-0.3, -0.25) is 0 Å². The SMILES string of the molecule is COc1ccc(C(c2ccccc2)(c2ccccc2)n2c(Br)cnc2C2(O)COC2)cc1. The van der Waals surface area contributed by atoms with Crippen LogP contribution in [0.3, 0.4) is 0 Å². The van der Waals surface area contributed by atoms with E-state index >= 15 is 0 Å². The molecule has 4 aromatic rings. The molecular formula is C26H23BrN2O3. The van der Waals surface area contributed by atoms with E-state index in [-0.39, 0.29) is 13.2 Å². The highest BCUT2D eigenvalue weighted by molar-refractivity contribution is 9.10. The highest BCUT2D eigenvalue weighted by atomic mass is 79.9. The maximum absolute atomic E-state index is 11.3. The van der Waals surface area contributed by atoms with Gasteiger partial charge in [0.05, 0.1) is 26.5 Å². The van der Waals surface area contributed by atoms with Crippen LogP contribution in [0.15, 0.2) is 95.7 Å². The maximum Gasteiger partial charge on any atom is 0.169 e. The van der Waals surface area contributed by atoms with Crippen LogP contribution in [-0.4, -0.2) is 35.0 Å². The summed E-state index contributed by atoms with van der Waals surface area (Å²) in [6, 6.07) is 28.6. The molecule has 1 saturated heterocycles. The Morgan fingerprint density at radius 1 is 0.906 bits per heavy atom. The first-order chi connectivity index (χ1) is 15.6. The Morgan fingerprint density at radius 2 is 1.44 bits per heavy atom. The second kappa shape index (κ2) is 8.20. The van der Waals surface area contributed by atoms with Gasteiger partial charge in [-0.15, -0.1) is 0 Å². The minimum Gasteiger partial charge on any atom is -0.497 e. The van der Waals surface area contributed by atoms with Gasteiger partial charge in [-0.2, -0.15) is 0 Å². The molecule has 0 atom stereocenters. The molecule has 3 aromatic carbocycles. The normalized spacial score (nSPS) is 15.2. The van der Waals surface area contributed by atoms with Gasteiger partial charge in [-0.25, -0.2) is 4.98 Å². The molecule has 1 aliphatic heterocycles. The third-order valence-corrected chi connectivity index (χ3v) is 6.60. The van der Waals surface area contributed by atoms with Crippen LogP contribution in [0.1, 0.15) is 22.5 Å². The molecule has 6 heteroatoms. The van der Waals surface area contributed by atoms with E-state index in [0.29, 0.717) is 5.82 Å². The standard InChI is InChI=1S/C26H23BrN2O3/c1-31-22-14-12-21(13-15-22)26(19-8-4-2-5-9-19,20-10-6-3-7-11-20)29-23(27)16-28-24(29)25(30)17-32-18-25/h2-16,30H,17-18H2,1H3. The van der Waals surface area contributed by atoms with Gasteiger partial charge in [-0.05, 0) is 44.8 Å². The summed E-state index contributed by atoms with van der Waals surface area (Å²) in [7, 11) is 1.66. The zero-order valence-corrected chi connectivity index (χ0v) is 19.2. The topological polar surface area (TPSA) is 56.5 Å². The number of benzene rings is 3. The number of halogens is 1. The molecule has 1 N–H and O–H groups in total. The average molecular weight is 491 g/mol. The van der Waals surface area contributed by atoms with E-state index in [9.17, 15) is 5.11 Å². The van der Waals surface area contributed by atoms with Crippen molar-refractivity contribution in [1.82, 2.24) is 9.55 Å². The van der Waals surface area contributed by atoms with Gasteiger partial charge in [0.1, 0.15) is 21.7 Å². The minimum atomic E-state index is -1.16. The Labute approximate surface area is 195 Å². The van der Waals surface area contributed by atoms with E-state index in [0.717, 1.165) is 27.0 Å². The summed E-state index contributed by atoms with van der Waals surface area (Å²) in [6.45, 7) is 0.414. The monoisotopic (exact) mass is 490 g/mol. The summed E-state index contributed by atoms with van der Waals surface area (Å²) >= 11 is 3.74. The zero-order chi connectivity index (χ0) is 22.2. The summed E-state index contributed by atoms with van der Waals surface area (Å²) in [4.78, 5) is 4.65. The summed E-state index contributed by atoms with van der Waals surface area (Å²) in [6.07, 6.45) is 1.75. The van der Waals surface area contributed by atoms with E-state index in [1.807, 2.05) is 48.5 Å². The summed E-state index contributed by atoms with van der Waals surface area (Å²) in [5.41, 5.74) is 1.14. The van der Waals surface area contributed by atoms with Gasteiger partial charge in [0.15, 0.2) is 5.60 Å². The van der Waals surface area contributed by atoms with Crippen LogP contribution in [0.2, 0.25) is 0 Å². The van der Waals surface area contributed by atoms with Crippen LogP contribution in [0.25, 0.3) is 0 Å². The van der Waals surface area contributed by atoms with Gasteiger partial charge in [0, 0.05) is 0 Å². The lowest BCUT2D eigenvalue weighted by molar-refractivity contribution is -0.191. The molecule has 32 heavy (non-hydrogen) atoms. The number of hydrogen-bond donors (Lipinski definition) is 1. The van der Waals surface area contributed by atoms with Crippen molar-refractivity contribution in [2.45, 2.75) is 11.1 Å². The maximum atomic E-state index is 11.3. The molecule has 1 fully saturated rings. The molecule has 0 spiro atoms. The van der Waals surface area contributed by atoms with E-state index in [4.69, 9.17) is 9.47 Å². The fourth-order valence-electron chi connectivity index (χ4n) is 4.48. The van der Waals surface area contributed by atoms with Gasteiger partial charge < -0.3 is 19.1 Å². The molecule has 0 amide bonds. The second-order valence-electron chi connectivity index (χ2n) is 7.94. The van der Waals surface area contributed by atoms with Crippen molar-refractivity contribution >= 4 is 15.9 Å². The molecule has 5 rings (SSSR count). The Hall–Kier alpha value is -2.93. The van der Waals surface area contributed by atoms with Gasteiger partial charge in [-0.1, -0.05) is 72.8 Å². The fraction of sp³-hybridized carbons (Fsp3) is 0.192. The van der Waals surface area contributed by atoms with Crippen molar-refractivity contribution in [3.8, 4) is 5.75 Å². The zero-order valence-electron chi connectivity index (χ0n) is 17.6.